The van der Waals surface area contributed by atoms with Gasteiger partial charge in [0.25, 0.3) is 0 Å². The Balaban J connectivity index is 1.90. The van der Waals surface area contributed by atoms with E-state index in [1.165, 1.54) is 0 Å². The fourth-order valence-corrected chi connectivity index (χ4v) is 4.60. The lowest BCUT2D eigenvalue weighted by atomic mass is 9.77. The van der Waals surface area contributed by atoms with Gasteiger partial charge in [-0.25, -0.2) is 9.67 Å². The first-order chi connectivity index (χ1) is 16.7. The van der Waals surface area contributed by atoms with Gasteiger partial charge >= 0.3 is 0 Å². The molecule has 0 saturated heterocycles. The number of rotatable bonds is 8. The number of nitrogens with zero attached hydrogens (tertiary/aromatic N) is 3. The van der Waals surface area contributed by atoms with E-state index in [0.29, 0.717) is 24.2 Å². The van der Waals surface area contributed by atoms with Crippen molar-refractivity contribution in [3.05, 3.63) is 125 Å². The number of hydrogen-bond donors (Lipinski definition) is 0. The molecule has 5 aromatic rings. The highest BCUT2D eigenvalue weighted by atomic mass is 35.5. The molecule has 0 N–H and O–H groups in total. The minimum Gasteiger partial charge on any atom is -0.474 e. The van der Waals surface area contributed by atoms with E-state index in [0.717, 1.165) is 27.6 Å². The maximum atomic E-state index is 6.40. The third-order valence-corrected chi connectivity index (χ3v) is 6.12. The molecule has 2 heterocycles. The van der Waals surface area contributed by atoms with Crippen LogP contribution in [0.15, 0.2) is 103 Å². The lowest BCUT2D eigenvalue weighted by Crippen LogP contribution is -2.38. The van der Waals surface area contributed by atoms with Crippen LogP contribution in [0.25, 0.3) is 10.9 Å². The van der Waals surface area contributed by atoms with Crippen LogP contribution in [0.3, 0.4) is 0 Å². The second-order valence-corrected chi connectivity index (χ2v) is 8.28. The van der Waals surface area contributed by atoms with Crippen molar-refractivity contribution >= 4 is 22.5 Å². The van der Waals surface area contributed by atoms with Gasteiger partial charge in [-0.1, -0.05) is 103 Å². The van der Waals surface area contributed by atoms with Crippen molar-refractivity contribution in [2.75, 3.05) is 20.3 Å². The molecule has 3 aromatic carbocycles. The topological polar surface area (TPSA) is 49.2 Å². The first-order valence-corrected chi connectivity index (χ1v) is 11.5. The van der Waals surface area contributed by atoms with Crippen molar-refractivity contribution in [1.29, 1.82) is 0 Å². The van der Waals surface area contributed by atoms with E-state index in [9.17, 15) is 0 Å². The molecule has 0 spiro atoms. The molecule has 0 radical (unpaired) electrons. The number of pyridine rings is 1. The van der Waals surface area contributed by atoms with Gasteiger partial charge in [-0.3, -0.25) is 0 Å². The van der Waals surface area contributed by atoms with Crippen molar-refractivity contribution in [3.8, 4) is 5.88 Å². The Labute approximate surface area is 203 Å². The standard InChI is InChI=1S/C28H24ClN3O2/c1-33-17-18-34-27-24-20-30-26(29)19-25(24)32(31-27)28(21-11-5-2-6-12-21,22-13-7-3-8-14-22)23-15-9-4-10-16-23/h2-16,19-20H,17-18H2,1H3. The third kappa shape index (κ3) is 3.83. The fourth-order valence-electron chi connectivity index (χ4n) is 4.45. The summed E-state index contributed by atoms with van der Waals surface area (Å²) in [4.78, 5) is 4.31. The van der Waals surface area contributed by atoms with Gasteiger partial charge in [-0.2, -0.15) is 0 Å². The Hall–Kier alpha value is -3.67. The quantitative estimate of drug-likeness (QED) is 0.160. The first-order valence-electron chi connectivity index (χ1n) is 11.1. The first kappa shape index (κ1) is 22.1. The van der Waals surface area contributed by atoms with E-state index in [2.05, 4.69) is 41.4 Å². The predicted molar refractivity (Wildman–Crippen MR) is 135 cm³/mol. The lowest BCUT2D eigenvalue weighted by molar-refractivity contribution is 0.143. The minimum absolute atomic E-state index is 0.375. The summed E-state index contributed by atoms with van der Waals surface area (Å²) in [6.07, 6.45) is 1.72. The molecule has 5 nitrogen and oxygen atoms in total. The Morgan fingerprint density at radius 2 is 1.32 bits per heavy atom. The molecule has 0 aliphatic carbocycles. The van der Waals surface area contributed by atoms with Crippen LogP contribution in [0.1, 0.15) is 16.7 Å². The van der Waals surface area contributed by atoms with Crippen LogP contribution < -0.4 is 4.74 Å². The summed E-state index contributed by atoms with van der Waals surface area (Å²) < 4.78 is 13.2. The van der Waals surface area contributed by atoms with Crippen LogP contribution >= 0.6 is 11.6 Å². The van der Waals surface area contributed by atoms with Gasteiger partial charge in [-0.05, 0) is 16.7 Å². The highest BCUT2D eigenvalue weighted by Crippen LogP contribution is 2.43. The van der Waals surface area contributed by atoms with Gasteiger partial charge in [-0.15, -0.1) is 5.10 Å². The van der Waals surface area contributed by atoms with Crippen LogP contribution in [-0.4, -0.2) is 35.1 Å². The lowest BCUT2D eigenvalue weighted by Gasteiger charge is -2.36. The number of methoxy groups -OCH3 is 1. The normalized spacial score (nSPS) is 11.6. The average molecular weight is 470 g/mol. The van der Waals surface area contributed by atoms with Crippen molar-refractivity contribution in [2.24, 2.45) is 0 Å². The molecule has 0 fully saturated rings. The van der Waals surface area contributed by atoms with Crippen molar-refractivity contribution in [2.45, 2.75) is 5.54 Å². The van der Waals surface area contributed by atoms with E-state index < -0.39 is 5.54 Å². The van der Waals surface area contributed by atoms with Crippen LogP contribution in [0.2, 0.25) is 5.15 Å². The molecule has 5 rings (SSSR count). The van der Waals surface area contributed by atoms with Crippen LogP contribution in [0, 0.1) is 0 Å². The molecule has 34 heavy (non-hydrogen) atoms. The molecule has 170 valence electrons. The number of halogens is 1. The molecule has 0 unspecified atom stereocenters. The van der Waals surface area contributed by atoms with Gasteiger partial charge in [0.15, 0.2) is 0 Å². The minimum atomic E-state index is -0.782. The van der Waals surface area contributed by atoms with Crippen LogP contribution in [0.5, 0.6) is 5.88 Å². The monoisotopic (exact) mass is 469 g/mol. The summed E-state index contributed by atoms with van der Waals surface area (Å²) in [6, 6.07) is 32.9. The Kier molecular flexibility index (Phi) is 6.30. The Morgan fingerprint density at radius 1 is 0.794 bits per heavy atom. The zero-order valence-electron chi connectivity index (χ0n) is 18.8. The smallest absolute Gasteiger partial charge is 0.242 e. The molecule has 2 aromatic heterocycles. The maximum absolute atomic E-state index is 6.40. The Morgan fingerprint density at radius 3 is 1.82 bits per heavy atom. The van der Waals surface area contributed by atoms with Gasteiger partial charge in [0, 0.05) is 19.4 Å². The highest BCUT2D eigenvalue weighted by Gasteiger charge is 2.41. The van der Waals surface area contributed by atoms with E-state index in [1.807, 2.05) is 65.3 Å². The molecule has 0 aliphatic rings. The van der Waals surface area contributed by atoms with Crippen molar-refractivity contribution in [3.63, 3.8) is 0 Å². The fraction of sp³-hybridized carbons (Fsp3) is 0.143. The summed E-state index contributed by atoms with van der Waals surface area (Å²) >= 11 is 6.40. The van der Waals surface area contributed by atoms with E-state index in [1.54, 1.807) is 13.3 Å². The van der Waals surface area contributed by atoms with Crippen LogP contribution in [0.4, 0.5) is 0 Å². The SMILES string of the molecule is COCCOc1nn(C(c2ccccc2)(c2ccccc2)c2ccccc2)c2cc(Cl)ncc12. The maximum Gasteiger partial charge on any atom is 0.242 e. The highest BCUT2D eigenvalue weighted by molar-refractivity contribution is 6.30. The van der Waals surface area contributed by atoms with E-state index in [-0.39, 0.29) is 0 Å². The number of ether oxygens (including phenoxy) is 2. The Bertz CT molecular complexity index is 1280. The molecular weight excluding hydrogens is 446 g/mol. The van der Waals surface area contributed by atoms with Gasteiger partial charge in [0.2, 0.25) is 5.88 Å². The second-order valence-electron chi connectivity index (χ2n) is 7.89. The number of hydrogen-bond acceptors (Lipinski definition) is 4. The van der Waals surface area contributed by atoms with E-state index >= 15 is 0 Å². The summed E-state index contributed by atoms with van der Waals surface area (Å²) in [5.74, 6) is 0.489. The summed E-state index contributed by atoms with van der Waals surface area (Å²) in [6.45, 7) is 0.830. The molecule has 0 amide bonds. The van der Waals surface area contributed by atoms with E-state index in [4.69, 9.17) is 26.2 Å². The number of benzene rings is 3. The van der Waals surface area contributed by atoms with Crippen molar-refractivity contribution in [1.82, 2.24) is 14.8 Å². The molecule has 6 heteroatoms. The number of fused-ring (bicyclic) bond motifs is 1. The zero-order chi connectivity index (χ0) is 23.4. The largest absolute Gasteiger partial charge is 0.474 e. The molecular formula is C28H24ClN3O2. The summed E-state index contributed by atoms with van der Waals surface area (Å²) in [7, 11) is 1.65. The third-order valence-electron chi connectivity index (χ3n) is 5.92. The summed E-state index contributed by atoms with van der Waals surface area (Å²) in [5.41, 5.74) is 3.23. The average Bonchev–Trinajstić information content (AvgIpc) is 3.24. The molecule has 0 bridgehead atoms. The molecule has 0 aliphatic heterocycles. The van der Waals surface area contributed by atoms with Crippen molar-refractivity contribution < 1.29 is 9.47 Å². The van der Waals surface area contributed by atoms with Crippen LogP contribution in [-0.2, 0) is 10.3 Å². The molecule has 0 atom stereocenters. The second kappa shape index (κ2) is 9.67. The zero-order valence-corrected chi connectivity index (χ0v) is 19.5. The molecule has 0 saturated carbocycles. The predicted octanol–water partition coefficient (Wildman–Crippen LogP) is 5.95. The summed E-state index contributed by atoms with van der Waals surface area (Å²) in [5, 5.41) is 6.22. The van der Waals surface area contributed by atoms with Gasteiger partial charge < -0.3 is 9.47 Å². The van der Waals surface area contributed by atoms with Gasteiger partial charge in [0.05, 0.1) is 17.5 Å². The van der Waals surface area contributed by atoms with Gasteiger partial charge in [0.1, 0.15) is 17.3 Å². The number of aromatic nitrogens is 3.